The number of hydrogen-bond acceptors (Lipinski definition) is 8. The number of aromatic nitrogens is 3. The molecule has 3 aromatic heterocycles. The highest BCUT2D eigenvalue weighted by Crippen LogP contribution is 2.30. The zero-order chi connectivity index (χ0) is 20.4. The minimum atomic E-state index is -0.972. The molecule has 0 fully saturated rings. The number of aromatic carboxylic acids is 1. The molecular formula is C20H17N5O3S. The average Bonchev–Trinajstić information content (AvgIpc) is 3.14. The predicted molar refractivity (Wildman–Crippen MR) is 112 cm³/mol. The van der Waals surface area contributed by atoms with E-state index in [9.17, 15) is 15.0 Å². The smallest absolute Gasteiger partial charge is 0.335 e. The van der Waals surface area contributed by atoms with Crippen LogP contribution in [0.3, 0.4) is 0 Å². The van der Waals surface area contributed by atoms with E-state index in [2.05, 4.69) is 20.3 Å². The van der Waals surface area contributed by atoms with Crippen molar-refractivity contribution >= 4 is 50.1 Å². The number of carbonyl (C=O) groups is 1. The van der Waals surface area contributed by atoms with E-state index in [0.29, 0.717) is 16.8 Å². The molecule has 1 aromatic carbocycles. The van der Waals surface area contributed by atoms with E-state index < -0.39 is 5.97 Å². The van der Waals surface area contributed by atoms with Crippen LogP contribution in [0.2, 0.25) is 0 Å². The highest BCUT2D eigenvalue weighted by atomic mass is 32.1. The van der Waals surface area contributed by atoms with Gasteiger partial charge in [0.2, 0.25) is 0 Å². The summed E-state index contributed by atoms with van der Waals surface area (Å²) in [6, 6.07) is 13.9. The zero-order valence-electron chi connectivity index (χ0n) is 15.4. The van der Waals surface area contributed by atoms with Crippen molar-refractivity contribution in [3.63, 3.8) is 0 Å². The number of thiazole rings is 1. The van der Waals surface area contributed by atoms with Crippen molar-refractivity contribution in [2.24, 2.45) is 0 Å². The Balaban J connectivity index is 1.61. The lowest BCUT2D eigenvalue weighted by Gasteiger charge is -2.18. The van der Waals surface area contributed by atoms with Crippen LogP contribution >= 0.6 is 11.3 Å². The second-order valence-electron chi connectivity index (χ2n) is 6.26. The number of benzene rings is 1. The molecule has 0 radical (unpaired) electrons. The molecule has 146 valence electrons. The summed E-state index contributed by atoms with van der Waals surface area (Å²) >= 11 is 1.38. The van der Waals surface area contributed by atoms with Crippen LogP contribution in [0.1, 0.15) is 15.9 Å². The van der Waals surface area contributed by atoms with E-state index in [4.69, 9.17) is 0 Å². The highest BCUT2D eigenvalue weighted by Gasteiger charge is 2.12. The molecule has 0 aliphatic carbocycles. The van der Waals surface area contributed by atoms with E-state index >= 15 is 0 Å². The number of anilines is 4. The van der Waals surface area contributed by atoms with Crippen LogP contribution in [0.4, 0.5) is 22.5 Å². The first kappa shape index (κ1) is 18.8. The third-order valence-electron chi connectivity index (χ3n) is 4.31. The highest BCUT2D eigenvalue weighted by molar-refractivity contribution is 7.21. The minimum absolute atomic E-state index is 0.0582. The van der Waals surface area contributed by atoms with Crippen LogP contribution in [0, 0.1) is 0 Å². The summed E-state index contributed by atoms with van der Waals surface area (Å²) < 4.78 is 0. The van der Waals surface area contributed by atoms with Crippen LogP contribution in [0.15, 0.2) is 54.7 Å². The summed E-state index contributed by atoms with van der Waals surface area (Å²) in [6.07, 6.45) is 1.62. The summed E-state index contributed by atoms with van der Waals surface area (Å²) in [4.78, 5) is 27.2. The standard InChI is InChI=1S/C20H17N5O3S/c1-25(14-4-2-3-13(10-14)19(27)28)17-6-5-15-18(24-17)29-20(22-15)23-16-9-12(11-26)7-8-21-16/h2-10,26H,11H2,1H3,(H,27,28)(H,21,22,23). The first-order chi connectivity index (χ1) is 14.0. The Bertz CT molecular complexity index is 1190. The van der Waals surface area contributed by atoms with Gasteiger partial charge in [-0.2, -0.15) is 0 Å². The first-order valence-electron chi connectivity index (χ1n) is 8.71. The van der Waals surface area contributed by atoms with Gasteiger partial charge >= 0.3 is 5.97 Å². The van der Waals surface area contributed by atoms with Gasteiger partial charge in [-0.05, 0) is 48.0 Å². The van der Waals surface area contributed by atoms with Crippen molar-refractivity contribution in [2.45, 2.75) is 6.61 Å². The van der Waals surface area contributed by atoms with Crippen molar-refractivity contribution in [1.82, 2.24) is 15.0 Å². The van der Waals surface area contributed by atoms with Crippen molar-refractivity contribution in [3.05, 3.63) is 65.9 Å². The van der Waals surface area contributed by atoms with Gasteiger partial charge in [0.05, 0.1) is 12.2 Å². The van der Waals surface area contributed by atoms with E-state index in [0.717, 1.165) is 21.6 Å². The fraction of sp³-hybridized carbons (Fsp3) is 0.100. The van der Waals surface area contributed by atoms with Crippen molar-refractivity contribution in [2.75, 3.05) is 17.3 Å². The number of nitrogens with zero attached hydrogens (tertiary/aromatic N) is 4. The van der Waals surface area contributed by atoms with Crippen molar-refractivity contribution in [3.8, 4) is 0 Å². The first-order valence-corrected chi connectivity index (χ1v) is 9.52. The number of fused-ring (bicyclic) bond motifs is 1. The van der Waals surface area contributed by atoms with Gasteiger partial charge in [-0.25, -0.2) is 19.7 Å². The maximum Gasteiger partial charge on any atom is 0.335 e. The quantitative estimate of drug-likeness (QED) is 0.443. The van der Waals surface area contributed by atoms with E-state index in [1.807, 2.05) is 30.1 Å². The third-order valence-corrected chi connectivity index (χ3v) is 5.19. The van der Waals surface area contributed by atoms with Crippen LogP contribution in [-0.4, -0.2) is 38.2 Å². The van der Waals surface area contributed by atoms with Crippen molar-refractivity contribution in [1.29, 1.82) is 0 Å². The zero-order valence-corrected chi connectivity index (χ0v) is 16.2. The molecule has 0 unspecified atom stereocenters. The summed E-state index contributed by atoms with van der Waals surface area (Å²) in [5, 5.41) is 22.2. The van der Waals surface area contributed by atoms with Crippen LogP contribution < -0.4 is 10.2 Å². The van der Waals surface area contributed by atoms with E-state index in [1.165, 1.54) is 11.3 Å². The second-order valence-corrected chi connectivity index (χ2v) is 7.24. The number of rotatable bonds is 6. The summed E-state index contributed by atoms with van der Waals surface area (Å²) in [6.45, 7) is -0.0582. The van der Waals surface area contributed by atoms with Gasteiger partial charge in [0, 0.05) is 18.9 Å². The minimum Gasteiger partial charge on any atom is -0.478 e. The molecule has 3 heterocycles. The number of aliphatic hydroxyl groups excluding tert-OH is 1. The van der Waals surface area contributed by atoms with Gasteiger partial charge in [-0.1, -0.05) is 17.4 Å². The Morgan fingerprint density at radius 2 is 2.03 bits per heavy atom. The van der Waals surface area contributed by atoms with Gasteiger partial charge < -0.3 is 20.4 Å². The molecule has 0 spiro atoms. The molecule has 0 aliphatic rings. The Morgan fingerprint density at radius 1 is 1.17 bits per heavy atom. The molecule has 8 nitrogen and oxygen atoms in total. The van der Waals surface area contributed by atoms with E-state index in [1.54, 1.807) is 36.5 Å². The molecule has 3 N–H and O–H groups in total. The molecule has 0 saturated heterocycles. The molecule has 9 heteroatoms. The van der Waals surface area contributed by atoms with Crippen LogP contribution in [-0.2, 0) is 6.61 Å². The lowest BCUT2D eigenvalue weighted by Crippen LogP contribution is -2.11. The van der Waals surface area contributed by atoms with Crippen LogP contribution in [0.25, 0.3) is 10.3 Å². The third kappa shape index (κ3) is 4.00. The Kier molecular flexibility index (Phi) is 5.07. The average molecular weight is 407 g/mol. The van der Waals surface area contributed by atoms with Gasteiger partial charge in [0.15, 0.2) is 5.13 Å². The number of hydrogen-bond donors (Lipinski definition) is 3. The molecule has 0 bridgehead atoms. The predicted octanol–water partition coefficient (Wildman–Crippen LogP) is 3.79. The Labute approximate surface area is 170 Å². The summed E-state index contributed by atoms with van der Waals surface area (Å²) in [5.41, 5.74) is 2.45. The maximum atomic E-state index is 11.2. The normalized spacial score (nSPS) is 10.8. The fourth-order valence-electron chi connectivity index (χ4n) is 2.78. The van der Waals surface area contributed by atoms with Gasteiger partial charge in [-0.3, -0.25) is 0 Å². The molecule has 0 amide bonds. The molecule has 0 saturated carbocycles. The Hall–Kier alpha value is -3.56. The number of nitrogens with one attached hydrogen (secondary N) is 1. The number of carboxylic acids is 1. The fourth-order valence-corrected chi connectivity index (χ4v) is 3.62. The molecule has 0 aliphatic heterocycles. The SMILES string of the molecule is CN(c1cccc(C(=O)O)c1)c1ccc2nc(Nc3cc(CO)ccn3)sc2n1. The lowest BCUT2D eigenvalue weighted by molar-refractivity contribution is 0.0697. The number of aliphatic hydroxyl groups is 1. The molecule has 0 atom stereocenters. The van der Waals surface area contributed by atoms with Crippen molar-refractivity contribution < 1.29 is 15.0 Å². The lowest BCUT2D eigenvalue weighted by atomic mass is 10.2. The molecule has 4 rings (SSSR count). The van der Waals surface area contributed by atoms with Gasteiger partial charge in [-0.15, -0.1) is 0 Å². The molecular weight excluding hydrogens is 390 g/mol. The topological polar surface area (TPSA) is 111 Å². The molecule has 4 aromatic rings. The second kappa shape index (κ2) is 7.82. The maximum absolute atomic E-state index is 11.2. The van der Waals surface area contributed by atoms with Crippen LogP contribution in [0.5, 0.6) is 0 Å². The monoisotopic (exact) mass is 407 g/mol. The van der Waals surface area contributed by atoms with Gasteiger partial charge in [0.1, 0.15) is 22.0 Å². The molecule has 29 heavy (non-hydrogen) atoms. The summed E-state index contributed by atoms with van der Waals surface area (Å²) in [5.74, 6) is 0.301. The van der Waals surface area contributed by atoms with Gasteiger partial charge in [0.25, 0.3) is 0 Å². The Morgan fingerprint density at radius 3 is 2.83 bits per heavy atom. The largest absolute Gasteiger partial charge is 0.478 e. The van der Waals surface area contributed by atoms with E-state index in [-0.39, 0.29) is 12.2 Å². The number of carboxylic acid groups (broad SMARTS) is 1. The summed E-state index contributed by atoms with van der Waals surface area (Å²) in [7, 11) is 1.83. The number of pyridine rings is 2.